The molecule has 0 aliphatic heterocycles. The van der Waals surface area contributed by atoms with Gasteiger partial charge in [0.25, 0.3) is 0 Å². The first kappa shape index (κ1) is 15.9. The topological polar surface area (TPSA) is 86.7 Å². The first-order chi connectivity index (χ1) is 8.72. The van der Waals surface area contributed by atoms with Gasteiger partial charge in [-0.15, -0.1) is 0 Å². The number of carboxylic acids is 1. The van der Waals surface area contributed by atoms with Gasteiger partial charge in [0.1, 0.15) is 0 Å². The predicted octanol–water partition coefficient (Wildman–Crippen LogP) is 1.45. The molecule has 0 spiro atoms. The summed E-state index contributed by atoms with van der Waals surface area (Å²) in [7, 11) is -0.324. The standard InChI is InChI=1S/C11H15BrN2O4S/c1-14(2)19(17,18)4-3-13-10-6-8(11(15)16)5-9(12)7-10/h5-7,13H,3-4H2,1-2H3,(H,15,16). The van der Waals surface area contributed by atoms with Crippen LogP contribution in [0.1, 0.15) is 10.4 Å². The molecule has 1 aromatic carbocycles. The molecule has 106 valence electrons. The van der Waals surface area contributed by atoms with Crippen molar-refractivity contribution in [1.29, 1.82) is 0 Å². The molecule has 0 heterocycles. The predicted molar refractivity (Wildman–Crippen MR) is 77.1 cm³/mol. The maximum Gasteiger partial charge on any atom is 0.335 e. The molecule has 1 aromatic rings. The van der Waals surface area contributed by atoms with Crippen LogP contribution < -0.4 is 5.32 Å². The zero-order chi connectivity index (χ0) is 14.6. The fourth-order valence-electron chi connectivity index (χ4n) is 1.32. The van der Waals surface area contributed by atoms with E-state index in [0.717, 1.165) is 4.31 Å². The van der Waals surface area contributed by atoms with Crippen molar-refractivity contribution in [3.63, 3.8) is 0 Å². The fourth-order valence-corrected chi connectivity index (χ4v) is 2.54. The van der Waals surface area contributed by atoms with Crippen LogP contribution in [0.5, 0.6) is 0 Å². The Morgan fingerprint density at radius 3 is 2.53 bits per heavy atom. The van der Waals surface area contributed by atoms with E-state index in [1.807, 2.05) is 0 Å². The van der Waals surface area contributed by atoms with E-state index in [4.69, 9.17) is 5.11 Å². The summed E-state index contributed by atoms with van der Waals surface area (Å²) in [5.41, 5.74) is 0.688. The number of sulfonamides is 1. The molecule has 6 nitrogen and oxygen atoms in total. The van der Waals surface area contributed by atoms with Crippen LogP contribution in [-0.4, -0.2) is 50.2 Å². The molecule has 0 saturated carbocycles. The van der Waals surface area contributed by atoms with Crippen molar-refractivity contribution in [2.45, 2.75) is 0 Å². The van der Waals surface area contributed by atoms with Gasteiger partial charge in [-0.05, 0) is 18.2 Å². The van der Waals surface area contributed by atoms with E-state index in [-0.39, 0.29) is 17.9 Å². The van der Waals surface area contributed by atoms with Gasteiger partial charge < -0.3 is 10.4 Å². The Kier molecular flexibility index (Phi) is 5.33. The summed E-state index contributed by atoms with van der Waals surface area (Å²) >= 11 is 3.21. The minimum atomic E-state index is -3.26. The second kappa shape index (κ2) is 6.36. The summed E-state index contributed by atoms with van der Waals surface area (Å²) < 4.78 is 24.9. The van der Waals surface area contributed by atoms with Crippen molar-refractivity contribution in [3.05, 3.63) is 28.2 Å². The van der Waals surface area contributed by atoms with Crippen molar-refractivity contribution in [3.8, 4) is 0 Å². The Morgan fingerprint density at radius 1 is 1.37 bits per heavy atom. The van der Waals surface area contributed by atoms with Crippen LogP contribution in [0.15, 0.2) is 22.7 Å². The van der Waals surface area contributed by atoms with Crippen molar-refractivity contribution < 1.29 is 18.3 Å². The molecule has 2 N–H and O–H groups in total. The molecule has 0 bridgehead atoms. The number of benzene rings is 1. The molecule has 0 fully saturated rings. The first-order valence-electron chi connectivity index (χ1n) is 5.40. The Hall–Kier alpha value is -1.12. The maximum atomic E-state index is 11.5. The molecular weight excluding hydrogens is 336 g/mol. The third-order valence-electron chi connectivity index (χ3n) is 2.39. The van der Waals surface area contributed by atoms with Crippen LogP contribution in [0.2, 0.25) is 0 Å². The van der Waals surface area contributed by atoms with E-state index in [1.165, 1.54) is 26.2 Å². The Labute approximate surface area is 120 Å². The highest BCUT2D eigenvalue weighted by Gasteiger charge is 2.13. The lowest BCUT2D eigenvalue weighted by molar-refractivity contribution is 0.0697. The largest absolute Gasteiger partial charge is 0.478 e. The molecule has 0 atom stereocenters. The maximum absolute atomic E-state index is 11.5. The van der Waals surface area contributed by atoms with Gasteiger partial charge >= 0.3 is 5.97 Å². The van der Waals surface area contributed by atoms with E-state index in [2.05, 4.69) is 21.2 Å². The summed E-state index contributed by atoms with van der Waals surface area (Å²) in [6.07, 6.45) is 0. The number of hydrogen-bond donors (Lipinski definition) is 2. The summed E-state index contributed by atoms with van der Waals surface area (Å²) in [6, 6.07) is 4.62. The molecule has 19 heavy (non-hydrogen) atoms. The number of aromatic carboxylic acids is 1. The molecule has 0 amide bonds. The number of rotatable bonds is 6. The fraction of sp³-hybridized carbons (Fsp3) is 0.364. The third kappa shape index (κ3) is 4.81. The highest BCUT2D eigenvalue weighted by Crippen LogP contribution is 2.19. The summed E-state index contributed by atoms with van der Waals surface area (Å²) in [4.78, 5) is 10.9. The normalized spacial score (nSPS) is 11.6. The number of carbonyl (C=O) groups is 1. The molecule has 0 aromatic heterocycles. The zero-order valence-corrected chi connectivity index (χ0v) is 13.0. The van der Waals surface area contributed by atoms with Crippen LogP contribution in [0.25, 0.3) is 0 Å². The van der Waals surface area contributed by atoms with Crippen molar-refractivity contribution >= 4 is 37.6 Å². The van der Waals surface area contributed by atoms with Crippen molar-refractivity contribution in [1.82, 2.24) is 4.31 Å². The van der Waals surface area contributed by atoms with Gasteiger partial charge in [0.15, 0.2) is 0 Å². The lowest BCUT2D eigenvalue weighted by atomic mass is 10.2. The van der Waals surface area contributed by atoms with Crippen molar-refractivity contribution in [2.24, 2.45) is 0 Å². The van der Waals surface area contributed by atoms with Gasteiger partial charge in [0.05, 0.1) is 11.3 Å². The molecule has 0 saturated heterocycles. The zero-order valence-electron chi connectivity index (χ0n) is 10.6. The lowest BCUT2D eigenvalue weighted by Gasteiger charge is -2.12. The molecule has 0 unspecified atom stereocenters. The number of carboxylic acid groups (broad SMARTS) is 1. The van der Waals surface area contributed by atoms with E-state index in [0.29, 0.717) is 10.2 Å². The highest BCUT2D eigenvalue weighted by atomic mass is 79.9. The second-order valence-electron chi connectivity index (χ2n) is 4.06. The van der Waals surface area contributed by atoms with E-state index >= 15 is 0 Å². The van der Waals surface area contributed by atoms with Gasteiger partial charge in [0.2, 0.25) is 10.0 Å². The number of hydrogen-bond acceptors (Lipinski definition) is 4. The smallest absolute Gasteiger partial charge is 0.335 e. The summed E-state index contributed by atoms with van der Waals surface area (Å²) in [5, 5.41) is 11.8. The van der Waals surface area contributed by atoms with Crippen LogP contribution in [0, 0.1) is 0 Å². The highest BCUT2D eigenvalue weighted by molar-refractivity contribution is 9.10. The van der Waals surface area contributed by atoms with E-state index < -0.39 is 16.0 Å². The molecular formula is C11H15BrN2O4S. The van der Waals surface area contributed by atoms with Gasteiger partial charge in [0, 0.05) is 30.8 Å². The SMILES string of the molecule is CN(C)S(=O)(=O)CCNc1cc(Br)cc(C(=O)O)c1. The third-order valence-corrected chi connectivity index (χ3v) is 4.68. The lowest BCUT2D eigenvalue weighted by Crippen LogP contribution is -2.28. The minimum absolute atomic E-state index is 0.0606. The number of nitrogens with one attached hydrogen (secondary N) is 1. The Balaban J connectivity index is 2.71. The summed E-state index contributed by atoms with van der Waals surface area (Å²) in [5.74, 6) is -1.10. The first-order valence-corrected chi connectivity index (χ1v) is 7.80. The number of anilines is 1. The average molecular weight is 351 g/mol. The van der Waals surface area contributed by atoms with Gasteiger partial charge in [-0.1, -0.05) is 15.9 Å². The summed E-state index contributed by atoms with van der Waals surface area (Å²) in [6.45, 7) is 0.204. The van der Waals surface area contributed by atoms with Crippen LogP contribution in [-0.2, 0) is 10.0 Å². The van der Waals surface area contributed by atoms with E-state index in [1.54, 1.807) is 6.07 Å². The molecule has 0 aliphatic rings. The van der Waals surface area contributed by atoms with Gasteiger partial charge in [-0.2, -0.15) is 0 Å². The van der Waals surface area contributed by atoms with Gasteiger partial charge in [-0.25, -0.2) is 17.5 Å². The Morgan fingerprint density at radius 2 is 2.00 bits per heavy atom. The molecule has 8 heteroatoms. The van der Waals surface area contributed by atoms with Gasteiger partial charge in [-0.3, -0.25) is 0 Å². The average Bonchev–Trinajstić information content (AvgIpc) is 2.27. The van der Waals surface area contributed by atoms with Crippen molar-refractivity contribution in [2.75, 3.05) is 31.7 Å². The number of halogens is 1. The van der Waals surface area contributed by atoms with Crippen LogP contribution >= 0.6 is 15.9 Å². The quantitative estimate of drug-likeness (QED) is 0.810. The molecule has 1 rings (SSSR count). The number of nitrogens with zero attached hydrogens (tertiary/aromatic N) is 1. The monoisotopic (exact) mass is 350 g/mol. The second-order valence-corrected chi connectivity index (χ2v) is 7.28. The molecule has 0 aliphatic carbocycles. The Bertz CT molecular complexity index is 572. The molecule has 0 radical (unpaired) electrons. The van der Waals surface area contributed by atoms with Crippen LogP contribution in [0.4, 0.5) is 5.69 Å². The van der Waals surface area contributed by atoms with Crippen LogP contribution in [0.3, 0.4) is 0 Å². The minimum Gasteiger partial charge on any atom is -0.478 e. The van der Waals surface area contributed by atoms with E-state index in [9.17, 15) is 13.2 Å².